The van der Waals surface area contributed by atoms with E-state index in [-0.39, 0.29) is 18.1 Å². The first-order valence-corrected chi connectivity index (χ1v) is 10.8. The summed E-state index contributed by atoms with van der Waals surface area (Å²) in [5, 5.41) is 2.65. The minimum atomic E-state index is -0.448. The SMILES string of the molecule is COc1cc(/C=C2/NC(=O)N(Cc3ccccc3)C2=O)c(Br)cc1OCc1ccccc1. The molecule has 1 N–H and O–H groups in total. The van der Waals surface area contributed by atoms with Gasteiger partial charge in [-0.25, -0.2) is 4.79 Å². The number of amides is 3. The van der Waals surface area contributed by atoms with Crippen LogP contribution in [0.2, 0.25) is 0 Å². The van der Waals surface area contributed by atoms with Crippen molar-refractivity contribution in [1.82, 2.24) is 10.2 Å². The lowest BCUT2D eigenvalue weighted by Gasteiger charge is -2.13. The highest BCUT2D eigenvalue weighted by molar-refractivity contribution is 9.10. The first kappa shape index (κ1) is 21.6. The number of hydrogen-bond acceptors (Lipinski definition) is 4. The van der Waals surface area contributed by atoms with Gasteiger partial charge in [0.15, 0.2) is 11.5 Å². The molecule has 0 aromatic heterocycles. The second-order valence-corrected chi connectivity index (χ2v) is 8.02. The van der Waals surface area contributed by atoms with E-state index in [1.54, 1.807) is 25.3 Å². The monoisotopic (exact) mass is 492 g/mol. The van der Waals surface area contributed by atoms with Gasteiger partial charge in [0.05, 0.1) is 13.7 Å². The minimum absolute atomic E-state index is 0.201. The summed E-state index contributed by atoms with van der Waals surface area (Å²) < 4.78 is 12.1. The molecular weight excluding hydrogens is 472 g/mol. The molecular formula is C25H21BrN2O4. The summed E-state index contributed by atoms with van der Waals surface area (Å²) in [4.78, 5) is 26.4. The van der Waals surface area contributed by atoms with Gasteiger partial charge in [0, 0.05) is 4.47 Å². The Morgan fingerprint density at radius 2 is 1.59 bits per heavy atom. The van der Waals surface area contributed by atoms with E-state index in [2.05, 4.69) is 21.2 Å². The van der Waals surface area contributed by atoms with Gasteiger partial charge in [-0.2, -0.15) is 0 Å². The van der Waals surface area contributed by atoms with Crippen molar-refractivity contribution in [2.24, 2.45) is 0 Å². The van der Waals surface area contributed by atoms with Crippen molar-refractivity contribution in [3.63, 3.8) is 0 Å². The fourth-order valence-corrected chi connectivity index (χ4v) is 3.74. The fourth-order valence-electron chi connectivity index (χ4n) is 3.31. The van der Waals surface area contributed by atoms with Gasteiger partial charge in [0.25, 0.3) is 5.91 Å². The Morgan fingerprint density at radius 3 is 2.25 bits per heavy atom. The highest BCUT2D eigenvalue weighted by Gasteiger charge is 2.33. The number of urea groups is 1. The molecule has 0 saturated carbocycles. The molecule has 162 valence electrons. The molecule has 3 aromatic rings. The second kappa shape index (κ2) is 9.70. The third-order valence-electron chi connectivity index (χ3n) is 4.97. The van der Waals surface area contributed by atoms with Gasteiger partial charge >= 0.3 is 6.03 Å². The van der Waals surface area contributed by atoms with E-state index in [0.717, 1.165) is 11.1 Å². The Bertz CT molecular complexity index is 1160. The number of nitrogens with zero attached hydrogens (tertiary/aromatic N) is 1. The highest BCUT2D eigenvalue weighted by Crippen LogP contribution is 2.35. The number of benzene rings is 3. The van der Waals surface area contributed by atoms with Gasteiger partial charge in [-0.05, 0) is 34.9 Å². The lowest BCUT2D eigenvalue weighted by Crippen LogP contribution is -2.30. The van der Waals surface area contributed by atoms with Crippen LogP contribution in [0, 0.1) is 0 Å². The molecule has 32 heavy (non-hydrogen) atoms. The predicted molar refractivity (Wildman–Crippen MR) is 125 cm³/mol. The zero-order chi connectivity index (χ0) is 22.5. The third-order valence-corrected chi connectivity index (χ3v) is 5.65. The first-order chi connectivity index (χ1) is 15.5. The standard InChI is InChI=1S/C25H21BrN2O4/c1-31-22-13-19(20(26)14-23(22)32-16-18-10-6-3-7-11-18)12-21-24(29)28(25(30)27-21)15-17-8-4-2-5-9-17/h2-14H,15-16H2,1H3,(H,27,30)/b21-12+. The summed E-state index contributed by atoms with van der Waals surface area (Å²) in [5.41, 5.74) is 2.79. The number of ether oxygens (including phenoxy) is 2. The average Bonchev–Trinajstić information content (AvgIpc) is 3.07. The van der Waals surface area contributed by atoms with Gasteiger partial charge in [-0.3, -0.25) is 9.69 Å². The number of carbonyl (C=O) groups is 2. The maximum atomic E-state index is 12.8. The van der Waals surface area contributed by atoms with Gasteiger partial charge in [-0.15, -0.1) is 0 Å². The van der Waals surface area contributed by atoms with Gasteiger partial charge in [-0.1, -0.05) is 76.6 Å². The Kier molecular flexibility index (Phi) is 6.56. The Balaban J connectivity index is 1.54. The van der Waals surface area contributed by atoms with E-state index >= 15 is 0 Å². The number of carbonyl (C=O) groups excluding carboxylic acids is 2. The molecule has 3 amide bonds. The largest absolute Gasteiger partial charge is 0.493 e. The number of methoxy groups -OCH3 is 1. The Hall–Kier alpha value is -3.58. The molecule has 1 aliphatic heterocycles. The van der Waals surface area contributed by atoms with Crippen LogP contribution in [0.5, 0.6) is 11.5 Å². The van der Waals surface area contributed by atoms with Crippen molar-refractivity contribution < 1.29 is 19.1 Å². The lowest BCUT2D eigenvalue weighted by molar-refractivity contribution is -0.123. The van der Waals surface area contributed by atoms with Gasteiger partial charge in [0.1, 0.15) is 12.3 Å². The topological polar surface area (TPSA) is 67.9 Å². The summed E-state index contributed by atoms with van der Waals surface area (Å²) in [6.45, 7) is 0.604. The first-order valence-electron chi connectivity index (χ1n) is 9.98. The molecule has 0 bridgehead atoms. The fraction of sp³-hybridized carbons (Fsp3) is 0.120. The molecule has 1 aliphatic rings. The van der Waals surface area contributed by atoms with Crippen molar-refractivity contribution in [2.75, 3.05) is 7.11 Å². The van der Waals surface area contributed by atoms with E-state index < -0.39 is 6.03 Å². The van der Waals surface area contributed by atoms with E-state index in [4.69, 9.17) is 9.47 Å². The van der Waals surface area contributed by atoms with E-state index in [9.17, 15) is 9.59 Å². The molecule has 0 spiro atoms. The molecule has 1 heterocycles. The minimum Gasteiger partial charge on any atom is -0.493 e. The van der Waals surface area contributed by atoms with Gasteiger partial charge < -0.3 is 14.8 Å². The molecule has 0 aliphatic carbocycles. The van der Waals surface area contributed by atoms with E-state index in [0.29, 0.717) is 28.1 Å². The summed E-state index contributed by atoms with van der Waals surface area (Å²) in [7, 11) is 1.56. The zero-order valence-corrected chi connectivity index (χ0v) is 19.0. The molecule has 6 nitrogen and oxygen atoms in total. The predicted octanol–water partition coefficient (Wildman–Crippen LogP) is 5.13. The van der Waals surface area contributed by atoms with E-state index in [1.807, 2.05) is 60.7 Å². The van der Waals surface area contributed by atoms with Crippen LogP contribution in [0.15, 0.2) is 83.0 Å². The van der Waals surface area contributed by atoms with Crippen molar-refractivity contribution in [1.29, 1.82) is 0 Å². The van der Waals surface area contributed by atoms with E-state index in [1.165, 1.54) is 4.90 Å². The van der Waals surface area contributed by atoms with Crippen LogP contribution in [0.4, 0.5) is 4.79 Å². The number of imide groups is 1. The number of nitrogens with one attached hydrogen (secondary N) is 1. The number of hydrogen-bond donors (Lipinski definition) is 1. The van der Waals surface area contributed by atoms with Crippen LogP contribution >= 0.6 is 15.9 Å². The molecule has 1 saturated heterocycles. The van der Waals surface area contributed by atoms with Gasteiger partial charge in [0.2, 0.25) is 0 Å². The molecule has 1 fully saturated rings. The lowest BCUT2D eigenvalue weighted by atomic mass is 10.1. The summed E-state index contributed by atoms with van der Waals surface area (Å²) in [5.74, 6) is 0.709. The maximum Gasteiger partial charge on any atom is 0.329 e. The van der Waals surface area contributed by atoms with Crippen molar-refractivity contribution in [3.05, 3.63) is 99.7 Å². The quantitative estimate of drug-likeness (QED) is 0.366. The molecule has 0 radical (unpaired) electrons. The van der Waals surface area contributed by atoms with Crippen LogP contribution in [0.3, 0.4) is 0 Å². The maximum absolute atomic E-state index is 12.8. The van der Waals surface area contributed by atoms with Crippen LogP contribution in [-0.4, -0.2) is 23.9 Å². The van der Waals surface area contributed by atoms with Crippen LogP contribution < -0.4 is 14.8 Å². The van der Waals surface area contributed by atoms with Crippen LogP contribution in [0.25, 0.3) is 6.08 Å². The molecule has 0 atom stereocenters. The molecule has 7 heteroatoms. The van der Waals surface area contributed by atoms with Crippen molar-refractivity contribution >= 4 is 33.9 Å². The molecule has 3 aromatic carbocycles. The van der Waals surface area contributed by atoms with Crippen LogP contribution in [-0.2, 0) is 17.9 Å². The normalized spacial score (nSPS) is 14.6. The summed E-state index contributed by atoms with van der Waals surface area (Å²) in [6.07, 6.45) is 1.62. The smallest absolute Gasteiger partial charge is 0.329 e. The summed E-state index contributed by atoms with van der Waals surface area (Å²) >= 11 is 3.53. The zero-order valence-electron chi connectivity index (χ0n) is 17.4. The second-order valence-electron chi connectivity index (χ2n) is 7.16. The molecule has 4 rings (SSSR count). The number of rotatable bonds is 7. The van der Waals surface area contributed by atoms with Crippen molar-refractivity contribution in [3.8, 4) is 11.5 Å². The van der Waals surface area contributed by atoms with Crippen LogP contribution in [0.1, 0.15) is 16.7 Å². The Morgan fingerprint density at radius 1 is 0.938 bits per heavy atom. The highest BCUT2D eigenvalue weighted by atomic mass is 79.9. The molecule has 0 unspecified atom stereocenters. The Labute approximate surface area is 194 Å². The van der Waals surface area contributed by atoms with Crippen molar-refractivity contribution in [2.45, 2.75) is 13.2 Å². The third kappa shape index (κ3) is 4.84. The number of halogens is 1. The average molecular weight is 493 g/mol. The summed E-state index contributed by atoms with van der Waals surface area (Å²) in [6, 6.07) is 22.3.